The molecule has 0 aliphatic carbocycles. The second kappa shape index (κ2) is 4.93. The summed E-state index contributed by atoms with van der Waals surface area (Å²) in [6.45, 7) is 0. The molecule has 1 N–H and O–H groups in total. The van der Waals surface area contributed by atoms with E-state index in [9.17, 15) is 4.39 Å². The Morgan fingerprint density at radius 2 is 2.00 bits per heavy atom. The van der Waals surface area contributed by atoms with Gasteiger partial charge in [0.1, 0.15) is 17.6 Å². The predicted molar refractivity (Wildman–Crippen MR) is 66.3 cm³/mol. The lowest BCUT2D eigenvalue weighted by molar-refractivity contribution is 0.622. The molecule has 2 rings (SSSR count). The Morgan fingerprint density at radius 3 is 2.71 bits per heavy atom. The molecular formula is C12H7BrFN3. The van der Waals surface area contributed by atoms with Gasteiger partial charge in [-0.3, -0.25) is 0 Å². The second-order valence-corrected chi connectivity index (χ2v) is 4.15. The van der Waals surface area contributed by atoms with E-state index in [2.05, 4.69) is 26.2 Å². The first-order valence-electron chi connectivity index (χ1n) is 4.77. The summed E-state index contributed by atoms with van der Waals surface area (Å²) in [4.78, 5) is 3.85. The van der Waals surface area contributed by atoms with Crippen LogP contribution in [0.4, 0.5) is 15.8 Å². The number of hydrogen-bond acceptors (Lipinski definition) is 3. The minimum Gasteiger partial charge on any atom is -0.355 e. The van der Waals surface area contributed by atoms with Crippen molar-refractivity contribution in [1.29, 1.82) is 5.26 Å². The van der Waals surface area contributed by atoms with Gasteiger partial charge in [0.2, 0.25) is 0 Å². The number of nitrogens with zero attached hydrogens (tertiary/aromatic N) is 2. The van der Waals surface area contributed by atoms with E-state index in [4.69, 9.17) is 5.26 Å². The van der Waals surface area contributed by atoms with Gasteiger partial charge in [-0.2, -0.15) is 5.26 Å². The molecule has 1 aromatic heterocycles. The number of pyridine rings is 1. The number of hydrogen-bond donors (Lipinski definition) is 1. The third-order valence-corrected chi connectivity index (χ3v) is 2.73. The summed E-state index contributed by atoms with van der Waals surface area (Å²) in [7, 11) is 0. The first-order valence-corrected chi connectivity index (χ1v) is 5.56. The number of nitrogens with one attached hydrogen (secondary N) is 1. The molecule has 1 aromatic carbocycles. The van der Waals surface area contributed by atoms with Crippen molar-refractivity contribution < 1.29 is 4.39 Å². The number of anilines is 2. The molecule has 2 aromatic rings. The predicted octanol–water partition coefficient (Wildman–Crippen LogP) is 3.60. The van der Waals surface area contributed by atoms with Crippen LogP contribution >= 0.6 is 15.9 Å². The highest BCUT2D eigenvalue weighted by Crippen LogP contribution is 2.22. The zero-order chi connectivity index (χ0) is 12.3. The molecule has 0 unspecified atom stereocenters. The summed E-state index contributed by atoms with van der Waals surface area (Å²) in [6.07, 6.45) is 1.52. The van der Waals surface area contributed by atoms with Gasteiger partial charge in [-0.05, 0) is 46.3 Å². The minimum atomic E-state index is -0.343. The van der Waals surface area contributed by atoms with Gasteiger partial charge in [0.25, 0.3) is 0 Å². The van der Waals surface area contributed by atoms with E-state index in [1.165, 1.54) is 12.3 Å². The summed E-state index contributed by atoms with van der Waals surface area (Å²) in [5.74, 6) is -0.343. The third kappa shape index (κ3) is 2.80. The number of nitriles is 1. The first kappa shape index (κ1) is 11.6. The number of rotatable bonds is 2. The molecule has 0 aliphatic heterocycles. The quantitative estimate of drug-likeness (QED) is 0.920. The molecular weight excluding hydrogens is 285 g/mol. The van der Waals surface area contributed by atoms with Crippen molar-refractivity contribution in [2.75, 3.05) is 5.32 Å². The summed E-state index contributed by atoms with van der Waals surface area (Å²) in [5.41, 5.74) is 1.62. The summed E-state index contributed by atoms with van der Waals surface area (Å²) >= 11 is 3.08. The van der Waals surface area contributed by atoms with Gasteiger partial charge in [-0.25, -0.2) is 9.37 Å². The van der Waals surface area contributed by atoms with Crippen LogP contribution in [0.3, 0.4) is 0 Å². The maximum atomic E-state index is 13.3. The van der Waals surface area contributed by atoms with Crippen LogP contribution in [0, 0.1) is 17.1 Å². The fraction of sp³-hybridized carbons (Fsp3) is 0. The highest BCUT2D eigenvalue weighted by atomic mass is 79.9. The van der Waals surface area contributed by atoms with Crippen molar-refractivity contribution >= 4 is 27.3 Å². The van der Waals surface area contributed by atoms with Crippen LogP contribution in [0.2, 0.25) is 0 Å². The number of halogens is 2. The van der Waals surface area contributed by atoms with E-state index >= 15 is 0 Å². The maximum Gasteiger partial charge on any atom is 0.142 e. The fourth-order valence-electron chi connectivity index (χ4n) is 1.31. The Bertz CT molecular complexity index is 593. The van der Waals surface area contributed by atoms with Crippen LogP contribution in [0.5, 0.6) is 0 Å². The average molecular weight is 292 g/mol. The van der Waals surface area contributed by atoms with E-state index in [1.54, 1.807) is 24.3 Å². The van der Waals surface area contributed by atoms with Crippen LogP contribution in [0.25, 0.3) is 0 Å². The fourth-order valence-corrected chi connectivity index (χ4v) is 1.56. The average Bonchev–Trinajstić information content (AvgIpc) is 2.34. The van der Waals surface area contributed by atoms with Gasteiger partial charge in [-0.1, -0.05) is 0 Å². The maximum absolute atomic E-state index is 13.3. The summed E-state index contributed by atoms with van der Waals surface area (Å²) in [5, 5.41) is 11.7. The normalized spacial score (nSPS) is 9.71. The Hall–Kier alpha value is -1.93. The molecule has 0 saturated heterocycles. The minimum absolute atomic E-state index is 0.313. The second-order valence-electron chi connectivity index (χ2n) is 3.30. The Balaban J connectivity index is 2.25. The van der Waals surface area contributed by atoms with Crippen molar-refractivity contribution in [3.8, 4) is 6.07 Å². The molecule has 0 aliphatic rings. The summed E-state index contributed by atoms with van der Waals surface area (Å²) < 4.78 is 13.7. The number of benzene rings is 1. The molecule has 3 nitrogen and oxygen atoms in total. The van der Waals surface area contributed by atoms with Gasteiger partial charge in [0, 0.05) is 17.6 Å². The Morgan fingerprint density at radius 1 is 1.24 bits per heavy atom. The zero-order valence-electron chi connectivity index (χ0n) is 8.61. The lowest BCUT2D eigenvalue weighted by Crippen LogP contribution is -1.93. The molecule has 0 fully saturated rings. The highest BCUT2D eigenvalue weighted by Gasteiger charge is 2.01. The van der Waals surface area contributed by atoms with Crippen LogP contribution in [0.1, 0.15) is 5.69 Å². The SMILES string of the molecule is N#Cc1cc(Nc2ccc(Br)c(F)c2)ccn1. The first-order chi connectivity index (χ1) is 8.19. The van der Waals surface area contributed by atoms with E-state index < -0.39 is 0 Å². The van der Waals surface area contributed by atoms with Gasteiger partial charge in [-0.15, -0.1) is 0 Å². The Labute approximate surface area is 106 Å². The monoisotopic (exact) mass is 291 g/mol. The van der Waals surface area contributed by atoms with E-state index in [1.807, 2.05) is 6.07 Å². The van der Waals surface area contributed by atoms with Gasteiger partial charge in [0.05, 0.1) is 4.47 Å². The molecule has 5 heteroatoms. The number of aromatic nitrogens is 1. The van der Waals surface area contributed by atoms with E-state index in [0.29, 0.717) is 21.5 Å². The van der Waals surface area contributed by atoms with Gasteiger partial charge < -0.3 is 5.32 Å². The smallest absolute Gasteiger partial charge is 0.142 e. The highest BCUT2D eigenvalue weighted by molar-refractivity contribution is 9.10. The molecule has 0 radical (unpaired) electrons. The largest absolute Gasteiger partial charge is 0.355 e. The molecule has 84 valence electrons. The van der Waals surface area contributed by atoms with Crippen LogP contribution in [0.15, 0.2) is 41.0 Å². The topological polar surface area (TPSA) is 48.7 Å². The van der Waals surface area contributed by atoms with Crippen molar-refractivity contribution in [2.24, 2.45) is 0 Å². The van der Waals surface area contributed by atoms with Crippen molar-refractivity contribution in [3.63, 3.8) is 0 Å². The van der Waals surface area contributed by atoms with E-state index in [0.717, 1.165) is 0 Å². The van der Waals surface area contributed by atoms with E-state index in [-0.39, 0.29) is 5.82 Å². The van der Waals surface area contributed by atoms with Gasteiger partial charge in [0.15, 0.2) is 0 Å². The van der Waals surface area contributed by atoms with Crippen LogP contribution < -0.4 is 5.32 Å². The van der Waals surface area contributed by atoms with Gasteiger partial charge >= 0.3 is 0 Å². The zero-order valence-corrected chi connectivity index (χ0v) is 10.2. The lowest BCUT2D eigenvalue weighted by atomic mass is 10.2. The molecule has 0 bridgehead atoms. The van der Waals surface area contributed by atoms with Crippen molar-refractivity contribution in [3.05, 3.63) is 52.5 Å². The Kier molecular flexibility index (Phi) is 3.35. The molecule has 0 amide bonds. The third-order valence-electron chi connectivity index (χ3n) is 2.08. The van der Waals surface area contributed by atoms with Crippen LogP contribution in [-0.4, -0.2) is 4.98 Å². The molecule has 1 heterocycles. The molecule has 17 heavy (non-hydrogen) atoms. The molecule has 0 spiro atoms. The molecule has 0 saturated carbocycles. The van der Waals surface area contributed by atoms with Crippen LogP contribution in [-0.2, 0) is 0 Å². The summed E-state index contributed by atoms with van der Waals surface area (Å²) in [6, 6.07) is 9.97. The molecule has 0 atom stereocenters. The standard InChI is InChI=1S/C12H7BrFN3/c13-11-2-1-8(6-12(11)14)17-9-3-4-16-10(5-9)7-15/h1-6H,(H,16,17). The lowest BCUT2D eigenvalue weighted by Gasteiger charge is -2.06. The van der Waals surface area contributed by atoms with Crippen molar-refractivity contribution in [1.82, 2.24) is 4.98 Å². The van der Waals surface area contributed by atoms with Crippen molar-refractivity contribution in [2.45, 2.75) is 0 Å².